The number of phenols is 1. The number of primary amides is 1. The number of esters is 1. The second kappa shape index (κ2) is 7.68. The molecule has 1 atom stereocenters. The van der Waals surface area contributed by atoms with E-state index in [-0.39, 0.29) is 5.75 Å². The first kappa shape index (κ1) is 20.1. The maximum atomic E-state index is 12.1. The van der Waals surface area contributed by atoms with Crippen molar-refractivity contribution in [2.24, 2.45) is 12.8 Å². The summed E-state index contributed by atoms with van der Waals surface area (Å²) in [6, 6.07) is 5.25. The average Bonchev–Trinajstić information content (AvgIpc) is 3.32. The number of fused-ring (bicyclic) bond motifs is 2. The van der Waals surface area contributed by atoms with Gasteiger partial charge in [0.1, 0.15) is 11.6 Å². The molecule has 1 amide bonds. The predicted molar refractivity (Wildman–Crippen MR) is 117 cm³/mol. The van der Waals surface area contributed by atoms with E-state index in [1.54, 1.807) is 35.0 Å². The van der Waals surface area contributed by atoms with Crippen LogP contribution in [0.5, 0.6) is 5.75 Å². The van der Waals surface area contributed by atoms with Gasteiger partial charge < -0.3 is 25.8 Å². The van der Waals surface area contributed by atoms with E-state index in [1.165, 1.54) is 0 Å². The van der Waals surface area contributed by atoms with Crippen LogP contribution in [0.15, 0.2) is 30.6 Å². The predicted octanol–water partition coefficient (Wildman–Crippen LogP) is 0.132. The number of aromatic nitrogens is 3. The number of aryl methyl sites for hydroxylation is 1. The number of pyridine rings is 1. The van der Waals surface area contributed by atoms with Crippen molar-refractivity contribution in [1.82, 2.24) is 20.1 Å². The Morgan fingerprint density at radius 2 is 2.03 bits per heavy atom. The van der Waals surface area contributed by atoms with E-state index in [9.17, 15) is 14.7 Å². The number of nitrogens with two attached hydrogens (primary N) is 1. The third-order valence-corrected chi connectivity index (χ3v) is 5.78. The highest BCUT2D eigenvalue weighted by Crippen LogP contribution is 2.45. The molecule has 2 aromatic heterocycles. The molecule has 1 saturated heterocycles. The summed E-state index contributed by atoms with van der Waals surface area (Å²) in [5.74, 6) is -1.80. The molecule has 4 heterocycles. The molecule has 0 saturated carbocycles. The van der Waals surface area contributed by atoms with Gasteiger partial charge in [0.2, 0.25) is 0 Å². The van der Waals surface area contributed by atoms with Crippen molar-refractivity contribution in [3.05, 3.63) is 36.2 Å². The molecule has 3 aromatic rings. The number of carbonyl (C=O) groups is 2. The molecule has 11 heteroatoms. The van der Waals surface area contributed by atoms with Crippen molar-refractivity contribution >= 4 is 40.0 Å². The first-order chi connectivity index (χ1) is 15.4. The van der Waals surface area contributed by atoms with Crippen LogP contribution in [0.1, 0.15) is 5.56 Å². The molecule has 4 N–H and O–H groups in total. The Bertz CT molecular complexity index is 1220. The van der Waals surface area contributed by atoms with Crippen LogP contribution in [0, 0.1) is 0 Å². The fraction of sp³-hybridized carbons (Fsp3) is 0.333. The summed E-state index contributed by atoms with van der Waals surface area (Å²) in [5.41, 5.74) is 8.02. The van der Waals surface area contributed by atoms with Crippen LogP contribution in [0.2, 0.25) is 0 Å². The second-order valence-corrected chi connectivity index (χ2v) is 7.87. The minimum absolute atomic E-state index is 0.0430. The Kier molecular flexibility index (Phi) is 4.82. The third kappa shape index (κ3) is 3.36. The van der Waals surface area contributed by atoms with Crippen LogP contribution in [0.25, 0.3) is 10.9 Å². The maximum absolute atomic E-state index is 12.1. The molecule has 1 fully saturated rings. The van der Waals surface area contributed by atoms with Crippen LogP contribution in [-0.2, 0) is 27.8 Å². The normalized spacial score (nSPS) is 18.1. The molecule has 32 heavy (non-hydrogen) atoms. The zero-order chi connectivity index (χ0) is 22.4. The zero-order valence-corrected chi connectivity index (χ0v) is 17.5. The van der Waals surface area contributed by atoms with Crippen LogP contribution in [0.4, 0.5) is 17.2 Å². The summed E-state index contributed by atoms with van der Waals surface area (Å²) in [6.07, 6.45) is 2.93. The van der Waals surface area contributed by atoms with Gasteiger partial charge in [-0.2, -0.15) is 5.10 Å². The molecule has 0 spiro atoms. The molecule has 2 aliphatic heterocycles. The lowest BCUT2D eigenvalue weighted by Crippen LogP contribution is -2.43. The van der Waals surface area contributed by atoms with E-state index in [2.05, 4.69) is 20.3 Å². The monoisotopic (exact) mass is 437 g/mol. The molecular weight excluding hydrogens is 414 g/mol. The number of hydrogen-bond donors (Lipinski definition) is 3. The molecule has 11 nitrogen and oxygen atoms in total. The number of nitrogens with one attached hydrogen (secondary N) is 1. The number of aromatic hydroxyl groups is 1. The number of carbonyl (C=O) groups excluding carboxylic acids is 2. The van der Waals surface area contributed by atoms with Crippen molar-refractivity contribution in [1.29, 1.82) is 0 Å². The minimum atomic E-state index is -1.18. The van der Waals surface area contributed by atoms with E-state index in [0.717, 1.165) is 42.8 Å². The van der Waals surface area contributed by atoms with Gasteiger partial charge >= 0.3 is 11.9 Å². The highest BCUT2D eigenvalue weighted by atomic mass is 16.6. The summed E-state index contributed by atoms with van der Waals surface area (Å²) in [7, 11) is 1.79. The standard InChI is InChI=1S/C21H23N7O4/c1-26-11-12-8-16(17(29)10-14(12)25-26)28-18(32-21(31)19(22)30)9-13-15(2-3-24-20(13)28)27-6-4-23-5-7-27/h2-3,8,10-11,18,23,29H,4-7,9H2,1H3,(H2,22,30). The van der Waals surface area contributed by atoms with Gasteiger partial charge in [-0.15, -0.1) is 0 Å². The van der Waals surface area contributed by atoms with Gasteiger partial charge in [-0.05, 0) is 12.1 Å². The molecule has 0 bridgehead atoms. The fourth-order valence-electron chi connectivity index (χ4n) is 4.39. The first-order valence-corrected chi connectivity index (χ1v) is 10.3. The second-order valence-electron chi connectivity index (χ2n) is 7.87. The van der Waals surface area contributed by atoms with Gasteiger partial charge in [-0.25, -0.2) is 9.78 Å². The summed E-state index contributed by atoms with van der Waals surface area (Å²) in [4.78, 5) is 31.9. The molecule has 0 aliphatic carbocycles. The smallest absolute Gasteiger partial charge is 0.398 e. The number of nitrogens with zero attached hydrogens (tertiary/aromatic N) is 5. The van der Waals surface area contributed by atoms with Gasteiger partial charge in [-0.3, -0.25) is 14.4 Å². The van der Waals surface area contributed by atoms with Gasteiger partial charge in [0.15, 0.2) is 6.23 Å². The highest BCUT2D eigenvalue weighted by molar-refractivity contribution is 6.31. The number of benzene rings is 1. The van der Waals surface area contributed by atoms with Crippen molar-refractivity contribution in [2.45, 2.75) is 12.6 Å². The number of piperazine rings is 1. The quantitative estimate of drug-likeness (QED) is 0.385. The van der Waals surface area contributed by atoms with E-state index in [1.807, 2.05) is 12.3 Å². The first-order valence-electron chi connectivity index (χ1n) is 10.3. The molecule has 5 rings (SSSR count). The maximum Gasteiger partial charge on any atom is 0.398 e. The lowest BCUT2D eigenvalue weighted by molar-refractivity contribution is -0.157. The molecular formula is C21H23N7O4. The number of hydrogen-bond acceptors (Lipinski definition) is 9. The Hall–Kier alpha value is -3.86. The number of ether oxygens (including phenoxy) is 1. The summed E-state index contributed by atoms with van der Waals surface area (Å²) in [6.45, 7) is 3.38. The number of anilines is 3. The lowest BCUT2D eigenvalue weighted by atomic mass is 10.1. The van der Waals surface area contributed by atoms with Gasteiger partial charge in [-0.1, -0.05) is 0 Å². The molecule has 166 valence electrons. The molecule has 0 radical (unpaired) electrons. The minimum Gasteiger partial charge on any atom is -0.506 e. The van der Waals surface area contributed by atoms with Crippen molar-refractivity contribution in [3.63, 3.8) is 0 Å². The van der Waals surface area contributed by atoms with Crippen LogP contribution >= 0.6 is 0 Å². The Balaban J connectivity index is 1.63. The third-order valence-electron chi connectivity index (χ3n) is 5.78. The van der Waals surface area contributed by atoms with Gasteiger partial charge in [0.05, 0.1) is 11.2 Å². The van der Waals surface area contributed by atoms with E-state index < -0.39 is 18.1 Å². The fourth-order valence-corrected chi connectivity index (χ4v) is 4.39. The van der Waals surface area contributed by atoms with Crippen LogP contribution < -0.4 is 20.9 Å². The molecule has 2 aliphatic rings. The number of amides is 1. The SMILES string of the molecule is Cn1cc2cc(N3c4nccc(N5CCNCC5)c4CC3OC(=O)C(N)=O)c(O)cc2n1. The summed E-state index contributed by atoms with van der Waals surface area (Å²) < 4.78 is 7.10. The largest absolute Gasteiger partial charge is 0.506 e. The summed E-state index contributed by atoms with van der Waals surface area (Å²) >= 11 is 0. The molecule has 1 unspecified atom stereocenters. The molecule has 1 aromatic carbocycles. The van der Waals surface area contributed by atoms with E-state index in [0.29, 0.717) is 23.4 Å². The Morgan fingerprint density at radius 1 is 1.25 bits per heavy atom. The van der Waals surface area contributed by atoms with Crippen LogP contribution in [-0.4, -0.2) is 64.2 Å². The van der Waals surface area contributed by atoms with Crippen LogP contribution in [0.3, 0.4) is 0 Å². The Morgan fingerprint density at radius 3 is 2.78 bits per heavy atom. The summed E-state index contributed by atoms with van der Waals surface area (Å²) in [5, 5.41) is 19.3. The van der Waals surface area contributed by atoms with E-state index >= 15 is 0 Å². The number of phenolic OH excluding ortho intramolecular Hbond substituents is 1. The van der Waals surface area contributed by atoms with Crippen molar-refractivity contribution in [2.75, 3.05) is 36.0 Å². The van der Waals surface area contributed by atoms with Crippen molar-refractivity contribution in [3.8, 4) is 5.75 Å². The van der Waals surface area contributed by atoms with E-state index in [4.69, 9.17) is 10.5 Å². The van der Waals surface area contributed by atoms with Crippen molar-refractivity contribution < 1.29 is 19.4 Å². The number of rotatable bonds is 3. The van der Waals surface area contributed by atoms with Gasteiger partial charge in [0.25, 0.3) is 0 Å². The Labute approximate surface area is 183 Å². The lowest BCUT2D eigenvalue weighted by Gasteiger charge is -2.31. The zero-order valence-electron chi connectivity index (χ0n) is 17.5. The topological polar surface area (TPSA) is 139 Å². The highest BCUT2D eigenvalue weighted by Gasteiger charge is 2.39. The average molecular weight is 437 g/mol. The van der Waals surface area contributed by atoms with Gasteiger partial charge in [0, 0.05) is 74.7 Å².